The summed E-state index contributed by atoms with van der Waals surface area (Å²) >= 11 is 0. The lowest BCUT2D eigenvalue weighted by molar-refractivity contribution is -0.127. The Balaban J connectivity index is 1.64. The van der Waals surface area contributed by atoms with Gasteiger partial charge in [0.25, 0.3) is 0 Å². The maximum atomic E-state index is 12.6. The molecular weight excluding hydrogens is 304 g/mol. The van der Waals surface area contributed by atoms with Crippen LogP contribution in [0.1, 0.15) is 39.0 Å². The van der Waals surface area contributed by atoms with E-state index in [1.165, 1.54) is 19.3 Å². The monoisotopic (exact) mass is 330 g/mol. The molecule has 1 N–H and O–H groups in total. The fourth-order valence-corrected chi connectivity index (χ4v) is 3.74. The summed E-state index contributed by atoms with van der Waals surface area (Å²) in [7, 11) is 1.60. The van der Waals surface area contributed by atoms with Crippen molar-refractivity contribution in [1.29, 1.82) is 0 Å². The smallest absolute Gasteiger partial charge is 0.227 e. The van der Waals surface area contributed by atoms with E-state index >= 15 is 0 Å². The Bertz CT molecular complexity index is 616. The molecule has 0 radical (unpaired) electrons. The normalized spacial score (nSPS) is 27.2. The van der Waals surface area contributed by atoms with Gasteiger partial charge < -0.3 is 15.0 Å². The minimum Gasteiger partial charge on any atom is -0.497 e. The van der Waals surface area contributed by atoms with E-state index in [0.29, 0.717) is 18.2 Å². The molecule has 1 saturated carbocycles. The summed E-state index contributed by atoms with van der Waals surface area (Å²) in [6.45, 7) is 2.64. The highest BCUT2D eigenvalue weighted by atomic mass is 16.5. The van der Waals surface area contributed by atoms with Crippen molar-refractivity contribution in [2.24, 2.45) is 11.8 Å². The zero-order valence-corrected chi connectivity index (χ0v) is 14.5. The van der Waals surface area contributed by atoms with Crippen LogP contribution in [0.25, 0.3) is 0 Å². The van der Waals surface area contributed by atoms with E-state index in [9.17, 15) is 9.59 Å². The molecule has 1 aromatic carbocycles. The third-order valence-corrected chi connectivity index (χ3v) is 5.30. The summed E-state index contributed by atoms with van der Waals surface area (Å²) in [6, 6.07) is 7.68. The Morgan fingerprint density at radius 1 is 1.29 bits per heavy atom. The standard InChI is InChI=1S/C19H26N2O3/c1-13-6-3-4-9-17(13)20-19(23)14-10-18(22)21(12-14)15-7-5-8-16(11-15)24-2/h5,7-8,11,13-14,17H,3-4,6,9-10,12H2,1-2H3,(H,20,23). The van der Waals surface area contributed by atoms with Crippen molar-refractivity contribution in [3.63, 3.8) is 0 Å². The Hall–Kier alpha value is -2.04. The summed E-state index contributed by atoms with van der Waals surface area (Å²) in [6.07, 6.45) is 4.93. The molecule has 5 heteroatoms. The lowest BCUT2D eigenvalue weighted by Crippen LogP contribution is -2.44. The highest BCUT2D eigenvalue weighted by molar-refractivity contribution is 6.00. The first kappa shape index (κ1) is 16.8. The molecule has 2 fully saturated rings. The average Bonchev–Trinajstić information content (AvgIpc) is 2.99. The van der Waals surface area contributed by atoms with Gasteiger partial charge in [-0.15, -0.1) is 0 Å². The predicted molar refractivity (Wildman–Crippen MR) is 93.0 cm³/mol. The second kappa shape index (κ2) is 7.24. The number of nitrogens with one attached hydrogen (secondary N) is 1. The van der Waals surface area contributed by atoms with Gasteiger partial charge in [-0.25, -0.2) is 0 Å². The maximum absolute atomic E-state index is 12.6. The van der Waals surface area contributed by atoms with Crippen LogP contribution in [0.3, 0.4) is 0 Å². The second-order valence-electron chi connectivity index (χ2n) is 6.98. The van der Waals surface area contributed by atoms with E-state index in [0.717, 1.165) is 12.1 Å². The number of methoxy groups -OCH3 is 1. The molecule has 0 aromatic heterocycles. The topological polar surface area (TPSA) is 58.6 Å². The zero-order valence-electron chi connectivity index (χ0n) is 14.5. The third kappa shape index (κ3) is 3.55. The molecule has 1 aromatic rings. The van der Waals surface area contributed by atoms with Crippen molar-refractivity contribution in [1.82, 2.24) is 5.32 Å². The summed E-state index contributed by atoms with van der Waals surface area (Å²) in [5.74, 6) is 0.990. The summed E-state index contributed by atoms with van der Waals surface area (Å²) in [5, 5.41) is 3.18. The number of carbonyl (C=O) groups is 2. The fraction of sp³-hybridized carbons (Fsp3) is 0.579. The van der Waals surface area contributed by atoms with Crippen LogP contribution >= 0.6 is 0 Å². The van der Waals surface area contributed by atoms with Crippen molar-refractivity contribution in [2.75, 3.05) is 18.6 Å². The molecule has 1 heterocycles. The largest absolute Gasteiger partial charge is 0.497 e. The van der Waals surface area contributed by atoms with Crippen molar-refractivity contribution in [3.05, 3.63) is 24.3 Å². The highest BCUT2D eigenvalue weighted by Crippen LogP contribution is 2.29. The number of rotatable bonds is 4. The van der Waals surface area contributed by atoms with Crippen LogP contribution < -0.4 is 15.0 Å². The van der Waals surface area contributed by atoms with Crippen LogP contribution in [0.5, 0.6) is 5.75 Å². The average molecular weight is 330 g/mol. The van der Waals surface area contributed by atoms with Crippen LogP contribution in [-0.2, 0) is 9.59 Å². The molecule has 130 valence electrons. The molecule has 1 saturated heterocycles. The quantitative estimate of drug-likeness (QED) is 0.923. The van der Waals surface area contributed by atoms with Gasteiger partial charge in [-0.1, -0.05) is 25.8 Å². The predicted octanol–water partition coefficient (Wildman–Crippen LogP) is 2.74. The van der Waals surface area contributed by atoms with E-state index in [-0.39, 0.29) is 30.2 Å². The minimum absolute atomic E-state index is 0.0000886. The maximum Gasteiger partial charge on any atom is 0.227 e. The van der Waals surface area contributed by atoms with Crippen molar-refractivity contribution >= 4 is 17.5 Å². The molecule has 0 spiro atoms. The molecule has 5 nitrogen and oxygen atoms in total. The summed E-state index contributed by atoms with van der Waals surface area (Å²) in [5.41, 5.74) is 0.792. The first-order chi connectivity index (χ1) is 11.6. The molecule has 3 atom stereocenters. The molecule has 2 amide bonds. The van der Waals surface area contributed by atoms with Gasteiger partial charge in [0, 0.05) is 30.8 Å². The molecule has 1 aliphatic carbocycles. The molecule has 3 unspecified atom stereocenters. The number of ether oxygens (including phenoxy) is 1. The Morgan fingerprint density at radius 3 is 2.83 bits per heavy atom. The number of amides is 2. The van der Waals surface area contributed by atoms with Crippen LogP contribution in [0, 0.1) is 11.8 Å². The highest BCUT2D eigenvalue weighted by Gasteiger charge is 2.36. The zero-order chi connectivity index (χ0) is 17.1. The number of anilines is 1. The number of benzene rings is 1. The van der Waals surface area contributed by atoms with E-state index in [2.05, 4.69) is 12.2 Å². The Labute approximate surface area is 143 Å². The number of hydrogen-bond donors (Lipinski definition) is 1. The van der Waals surface area contributed by atoms with Gasteiger partial charge in [0.05, 0.1) is 13.0 Å². The Kier molecular flexibility index (Phi) is 5.07. The summed E-state index contributed by atoms with van der Waals surface area (Å²) < 4.78 is 5.22. The molecule has 24 heavy (non-hydrogen) atoms. The van der Waals surface area contributed by atoms with E-state index in [1.807, 2.05) is 24.3 Å². The van der Waals surface area contributed by atoms with Gasteiger partial charge in [-0.05, 0) is 30.9 Å². The molecule has 2 aliphatic rings. The number of carbonyl (C=O) groups excluding carboxylic acids is 2. The first-order valence-electron chi connectivity index (χ1n) is 8.83. The fourth-order valence-electron chi connectivity index (χ4n) is 3.74. The van der Waals surface area contributed by atoms with E-state index in [1.54, 1.807) is 12.0 Å². The van der Waals surface area contributed by atoms with Crippen molar-refractivity contribution in [2.45, 2.75) is 45.1 Å². The lowest BCUT2D eigenvalue weighted by atomic mass is 9.85. The Morgan fingerprint density at radius 2 is 2.08 bits per heavy atom. The summed E-state index contributed by atoms with van der Waals surface area (Å²) in [4.78, 5) is 26.6. The molecular formula is C19H26N2O3. The van der Waals surface area contributed by atoms with Crippen LogP contribution in [0.2, 0.25) is 0 Å². The lowest BCUT2D eigenvalue weighted by Gasteiger charge is -2.30. The van der Waals surface area contributed by atoms with Crippen LogP contribution in [0.15, 0.2) is 24.3 Å². The van der Waals surface area contributed by atoms with E-state index < -0.39 is 0 Å². The van der Waals surface area contributed by atoms with Gasteiger partial charge in [-0.2, -0.15) is 0 Å². The van der Waals surface area contributed by atoms with Gasteiger partial charge >= 0.3 is 0 Å². The molecule has 1 aliphatic heterocycles. The number of hydrogen-bond acceptors (Lipinski definition) is 3. The number of nitrogens with zero attached hydrogens (tertiary/aromatic N) is 1. The van der Waals surface area contributed by atoms with E-state index in [4.69, 9.17) is 4.74 Å². The van der Waals surface area contributed by atoms with Gasteiger partial charge in [0.15, 0.2) is 0 Å². The van der Waals surface area contributed by atoms with Crippen molar-refractivity contribution < 1.29 is 14.3 Å². The molecule has 0 bridgehead atoms. The minimum atomic E-state index is -0.266. The first-order valence-corrected chi connectivity index (χ1v) is 8.83. The van der Waals surface area contributed by atoms with Crippen molar-refractivity contribution in [3.8, 4) is 5.75 Å². The second-order valence-corrected chi connectivity index (χ2v) is 6.98. The third-order valence-electron chi connectivity index (χ3n) is 5.30. The molecule has 3 rings (SSSR count). The SMILES string of the molecule is COc1cccc(N2CC(C(=O)NC3CCCCC3C)CC2=O)c1. The van der Waals surface area contributed by atoms with Gasteiger partial charge in [-0.3, -0.25) is 9.59 Å². The van der Waals surface area contributed by atoms with Gasteiger partial charge in [0.1, 0.15) is 5.75 Å². The van der Waals surface area contributed by atoms with Gasteiger partial charge in [0.2, 0.25) is 11.8 Å². The van der Waals surface area contributed by atoms with Crippen LogP contribution in [0.4, 0.5) is 5.69 Å². The van der Waals surface area contributed by atoms with Crippen LogP contribution in [-0.4, -0.2) is 31.5 Å².